The summed E-state index contributed by atoms with van der Waals surface area (Å²) in [5.41, 5.74) is 5.01. The highest BCUT2D eigenvalue weighted by Gasteiger charge is 2.36. The maximum absolute atomic E-state index is 13.6. The molecule has 0 aliphatic carbocycles. The van der Waals surface area contributed by atoms with Crippen molar-refractivity contribution in [2.45, 2.75) is 38.8 Å². The Bertz CT molecular complexity index is 1160. The lowest BCUT2D eigenvalue weighted by Gasteiger charge is -2.38. The molecule has 2 unspecified atom stereocenters. The molecule has 5 nitrogen and oxygen atoms in total. The molecule has 3 aromatic carbocycles. The van der Waals surface area contributed by atoms with Crippen LogP contribution in [0, 0.1) is 0 Å². The number of nitrogens with zero attached hydrogens (tertiary/aromatic N) is 2. The van der Waals surface area contributed by atoms with Crippen LogP contribution in [0.25, 0.3) is 0 Å². The Morgan fingerprint density at radius 2 is 1.74 bits per heavy atom. The summed E-state index contributed by atoms with van der Waals surface area (Å²) in [4.78, 5) is 17.5. The maximum atomic E-state index is 13.6. The van der Waals surface area contributed by atoms with Gasteiger partial charge in [-0.05, 0) is 78.6 Å². The topological polar surface area (TPSA) is 42.0 Å². The summed E-state index contributed by atoms with van der Waals surface area (Å²) in [5, 5.41) is 0. The van der Waals surface area contributed by atoms with Crippen LogP contribution in [0.15, 0.2) is 65.1 Å². The van der Waals surface area contributed by atoms with E-state index < -0.39 is 0 Å². The summed E-state index contributed by atoms with van der Waals surface area (Å²) in [6.07, 6.45) is 1.25. The minimum absolute atomic E-state index is 0.0515. The Hall–Kier alpha value is -2.99. The van der Waals surface area contributed by atoms with Crippen molar-refractivity contribution in [3.8, 4) is 11.5 Å². The van der Waals surface area contributed by atoms with Crippen molar-refractivity contribution in [1.29, 1.82) is 0 Å². The van der Waals surface area contributed by atoms with Crippen LogP contribution in [0.5, 0.6) is 11.5 Å². The fourth-order valence-electron chi connectivity index (χ4n) is 4.29. The number of rotatable bonds is 7. The van der Waals surface area contributed by atoms with Crippen molar-refractivity contribution < 1.29 is 14.3 Å². The third-order valence-electron chi connectivity index (χ3n) is 6.32. The van der Waals surface area contributed by atoms with E-state index in [2.05, 4.69) is 41.1 Å². The van der Waals surface area contributed by atoms with E-state index in [0.717, 1.165) is 39.0 Å². The third kappa shape index (κ3) is 4.78. The molecule has 0 N–H and O–H groups in total. The highest BCUT2D eigenvalue weighted by molar-refractivity contribution is 9.10. The summed E-state index contributed by atoms with van der Waals surface area (Å²) >= 11 is 3.54. The number of carbonyl (C=O) groups excluding carboxylic acids is 1. The standard InChI is InChI=1S/C28H31BrN2O3/c1-6-18(2)34-26-17-24-20(15-25(26)33-5)16-27(32)31(23-13-11-22(12-14-23)30(3)4)28(24)19-7-9-21(29)10-8-19/h7-15,17-18,28H,6,16H2,1-5H3. The molecule has 0 fully saturated rings. The number of benzene rings is 3. The lowest BCUT2D eigenvalue weighted by Crippen LogP contribution is -2.41. The predicted octanol–water partition coefficient (Wildman–Crippen LogP) is 6.38. The number of hydrogen-bond acceptors (Lipinski definition) is 4. The molecule has 0 saturated heterocycles. The Kier molecular flexibility index (Phi) is 7.17. The van der Waals surface area contributed by atoms with Crippen LogP contribution in [0.2, 0.25) is 0 Å². The van der Waals surface area contributed by atoms with E-state index in [0.29, 0.717) is 17.9 Å². The lowest BCUT2D eigenvalue weighted by molar-refractivity contribution is -0.118. The third-order valence-corrected chi connectivity index (χ3v) is 6.85. The number of halogens is 1. The Morgan fingerprint density at radius 3 is 2.32 bits per heavy atom. The largest absolute Gasteiger partial charge is 0.493 e. The number of anilines is 2. The van der Waals surface area contributed by atoms with Gasteiger partial charge in [0, 0.05) is 29.9 Å². The number of hydrogen-bond donors (Lipinski definition) is 0. The first-order valence-electron chi connectivity index (χ1n) is 11.5. The first-order chi connectivity index (χ1) is 16.3. The molecule has 0 bridgehead atoms. The predicted molar refractivity (Wildman–Crippen MR) is 141 cm³/mol. The second kappa shape index (κ2) is 10.1. The molecule has 1 aliphatic rings. The quantitative estimate of drug-likeness (QED) is 0.361. The molecule has 3 aromatic rings. The van der Waals surface area contributed by atoms with Gasteiger partial charge in [-0.2, -0.15) is 0 Å². The van der Waals surface area contributed by atoms with Crippen LogP contribution in [0.4, 0.5) is 11.4 Å². The Labute approximate surface area is 210 Å². The van der Waals surface area contributed by atoms with E-state index in [1.165, 1.54) is 0 Å². The van der Waals surface area contributed by atoms with Crippen molar-refractivity contribution in [1.82, 2.24) is 0 Å². The van der Waals surface area contributed by atoms with Crippen molar-refractivity contribution in [2.75, 3.05) is 31.0 Å². The monoisotopic (exact) mass is 522 g/mol. The molecule has 1 amide bonds. The molecule has 0 radical (unpaired) electrons. The van der Waals surface area contributed by atoms with Crippen LogP contribution >= 0.6 is 15.9 Å². The zero-order valence-corrected chi connectivity index (χ0v) is 21.9. The van der Waals surface area contributed by atoms with E-state index in [4.69, 9.17) is 9.47 Å². The molecule has 1 heterocycles. The molecule has 2 atom stereocenters. The van der Waals surface area contributed by atoms with Crippen molar-refractivity contribution in [3.05, 3.63) is 81.8 Å². The van der Waals surface area contributed by atoms with Gasteiger partial charge in [0.1, 0.15) is 0 Å². The summed E-state index contributed by atoms with van der Waals surface area (Å²) in [6.45, 7) is 4.14. The summed E-state index contributed by atoms with van der Waals surface area (Å²) < 4.78 is 12.9. The van der Waals surface area contributed by atoms with Gasteiger partial charge in [-0.25, -0.2) is 0 Å². The maximum Gasteiger partial charge on any atom is 0.232 e. The zero-order valence-electron chi connectivity index (χ0n) is 20.3. The first kappa shape index (κ1) is 24.1. The Balaban J connectivity index is 1.88. The van der Waals surface area contributed by atoms with Gasteiger partial charge in [0.05, 0.1) is 25.7 Å². The van der Waals surface area contributed by atoms with Gasteiger partial charge >= 0.3 is 0 Å². The summed E-state index contributed by atoms with van der Waals surface area (Å²) in [6, 6.07) is 20.0. The highest BCUT2D eigenvalue weighted by atomic mass is 79.9. The Morgan fingerprint density at radius 1 is 1.06 bits per heavy atom. The van der Waals surface area contributed by atoms with Crippen molar-refractivity contribution in [3.63, 3.8) is 0 Å². The van der Waals surface area contributed by atoms with Crippen LogP contribution in [0.1, 0.15) is 43.0 Å². The van der Waals surface area contributed by atoms with E-state index in [9.17, 15) is 4.79 Å². The molecule has 0 spiro atoms. The number of fused-ring (bicyclic) bond motifs is 1. The van der Waals surface area contributed by atoms with Gasteiger partial charge in [-0.3, -0.25) is 4.79 Å². The van der Waals surface area contributed by atoms with Crippen molar-refractivity contribution >= 4 is 33.2 Å². The smallest absolute Gasteiger partial charge is 0.232 e. The van der Waals surface area contributed by atoms with Gasteiger partial charge in [-0.1, -0.05) is 35.0 Å². The molecule has 1 aliphatic heterocycles. The molecule has 178 valence electrons. The number of ether oxygens (including phenoxy) is 2. The minimum atomic E-state index is -0.278. The lowest BCUT2D eigenvalue weighted by atomic mass is 9.86. The van der Waals surface area contributed by atoms with Gasteiger partial charge in [0.2, 0.25) is 5.91 Å². The van der Waals surface area contributed by atoms with Crippen LogP contribution in [0.3, 0.4) is 0 Å². The van der Waals surface area contributed by atoms with E-state index in [1.807, 2.05) is 73.3 Å². The second-order valence-corrected chi connectivity index (χ2v) is 9.76. The fourth-order valence-corrected chi connectivity index (χ4v) is 4.55. The van der Waals surface area contributed by atoms with E-state index in [1.54, 1.807) is 7.11 Å². The van der Waals surface area contributed by atoms with E-state index in [-0.39, 0.29) is 18.1 Å². The molecule has 0 saturated carbocycles. The summed E-state index contributed by atoms with van der Waals surface area (Å²) in [5.74, 6) is 1.41. The molecule has 6 heteroatoms. The molecule has 34 heavy (non-hydrogen) atoms. The van der Waals surface area contributed by atoms with Gasteiger partial charge in [0.25, 0.3) is 0 Å². The van der Waals surface area contributed by atoms with E-state index >= 15 is 0 Å². The van der Waals surface area contributed by atoms with Crippen LogP contribution in [-0.4, -0.2) is 33.2 Å². The van der Waals surface area contributed by atoms with Gasteiger partial charge < -0.3 is 19.3 Å². The number of methoxy groups -OCH3 is 1. The molecule has 0 aromatic heterocycles. The number of amides is 1. The highest BCUT2D eigenvalue weighted by Crippen LogP contribution is 2.44. The van der Waals surface area contributed by atoms with Gasteiger partial charge in [0.15, 0.2) is 11.5 Å². The van der Waals surface area contributed by atoms with Crippen LogP contribution < -0.4 is 19.3 Å². The molecular weight excluding hydrogens is 492 g/mol. The van der Waals surface area contributed by atoms with Crippen LogP contribution in [-0.2, 0) is 11.2 Å². The normalized spacial score (nSPS) is 16.1. The second-order valence-electron chi connectivity index (χ2n) is 8.84. The van der Waals surface area contributed by atoms with Gasteiger partial charge in [-0.15, -0.1) is 0 Å². The fraction of sp³-hybridized carbons (Fsp3) is 0.321. The summed E-state index contributed by atoms with van der Waals surface area (Å²) in [7, 11) is 5.66. The average Bonchev–Trinajstić information content (AvgIpc) is 2.83. The number of carbonyl (C=O) groups is 1. The zero-order chi connectivity index (χ0) is 24.4. The molecule has 4 rings (SSSR count). The average molecular weight is 523 g/mol. The van der Waals surface area contributed by atoms with Crippen molar-refractivity contribution in [2.24, 2.45) is 0 Å². The first-order valence-corrected chi connectivity index (χ1v) is 12.3. The SMILES string of the molecule is CCC(C)Oc1cc2c(cc1OC)CC(=O)N(c1ccc(N(C)C)cc1)C2c1ccc(Br)cc1. The molecular formula is C28H31BrN2O3. The minimum Gasteiger partial charge on any atom is -0.493 e.